The molecule has 0 bridgehead atoms. The summed E-state index contributed by atoms with van der Waals surface area (Å²) in [4.78, 5) is 86.8. The summed E-state index contributed by atoms with van der Waals surface area (Å²) in [7, 11) is -15.4. The van der Waals surface area contributed by atoms with Crippen molar-refractivity contribution < 1.29 is 67.1 Å². The molecular formula is C17H35N4O14P3. The van der Waals surface area contributed by atoms with Gasteiger partial charge >= 0.3 is 21.2 Å². The molecule has 1 fully saturated rings. The summed E-state index contributed by atoms with van der Waals surface area (Å²) in [6.07, 6.45) is -2.02. The van der Waals surface area contributed by atoms with Crippen LogP contribution in [0.2, 0.25) is 0 Å². The van der Waals surface area contributed by atoms with Gasteiger partial charge in [-0.25, -0.2) is 0 Å². The second-order valence-electron chi connectivity index (χ2n) is 8.64. The third kappa shape index (κ3) is 14.2. The van der Waals surface area contributed by atoms with Crippen molar-refractivity contribution in [3.63, 3.8) is 0 Å². The summed E-state index contributed by atoms with van der Waals surface area (Å²) >= 11 is 0. The minimum Gasteiger partial charge on any atom is -0.480 e. The number of hydrogen-bond donors (Lipinski definition) is 6. The number of carbonyl (C=O) groups excluding carboxylic acids is 2. The topological polar surface area (TPSA) is 255 Å². The number of nitrogens with zero attached hydrogens (tertiary/aromatic N) is 4. The van der Waals surface area contributed by atoms with Gasteiger partial charge in [0.2, 0.25) is 7.37 Å². The Labute approximate surface area is 218 Å². The van der Waals surface area contributed by atoms with Gasteiger partial charge in [0.15, 0.2) is 5.40 Å². The van der Waals surface area contributed by atoms with E-state index in [1.165, 1.54) is 9.80 Å². The number of ether oxygens (including phenoxy) is 2. The molecule has 0 aromatic carbocycles. The largest absolute Gasteiger partial charge is 0.480 e. The molecule has 0 amide bonds. The monoisotopic (exact) mass is 612 g/mol. The molecule has 1 saturated heterocycles. The van der Waals surface area contributed by atoms with Crippen LogP contribution in [0.1, 0.15) is 0 Å². The van der Waals surface area contributed by atoms with Crippen LogP contribution < -0.4 is 0 Å². The molecule has 18 nitrogen and oxygen atoms in total. The molecule has 1 heterocycles. The van der Waals surface area contributed by atoms with Gasteiger partial charge in [-0.3, -0.25) is 47.7 Å². The first-order chi connectivity index (χ1) is 17.6. The minimum absolute atomic E-state index is 0.0154. The highest BCUT2D eigenvalue weighted by atomic mass is 31.2. The van der Waals surface area contributed by atoms with E-state index in [1.54, 1.807) is 9.80 Å². The van der Waals surface area contributed by atoms with E-state index in [4.69, 9.17) is 9.47 Å². The maximum absolute atomic E-state index is 12.9. The van der Waals surface area contributed by atoms with Crippen molar-refractivity contribution in [3.8, 4) is 0 Å². The van der Waals surface area contributed by atoms with Gasteiger partial charge in [0.1, 0.15) is 13.5 Å². The smallest absolute Gasteiger partial charge is 0.341 e. The van der Waals surface area contributed by atoms with E-state index < -0.39 is 46.4 Å². The van der Waals surface area contributed by atoms with Crippen LogP contribution in [0.15, 0.2) is 0 Å². The van der Waals surface area contributed by atoms with Gasteiger partial charge in [-0.15, -0.1) is 0 Å². The summed E-state index contributed by atoms with van der Waals surface area (Å²) in [5, 5.41) is 6.61. The van der Waals surface area contributed by atoms with E-state index >= 15 is 0 Å². The quantitative estimate of drug-likeness (QED) is 0.0872. The van der Waals surface area contributed by atoms with Crippen molar-refractivity contribution in [2.45, 2.75) is 5.40 Å². The van der Waals surface area contributed by atoms with Crippen LogP contribution in [0, 0.1) is 0 Å². The van der Waals surface area contributed by atoms with E-state index in [1.807, 2.05) is 0 Å². The van der Waals surface area contributed by atoms with E-state index in [0.717, 1.165) is 0 Å². The van der Waals surface area contributed by atoms with Crippen molar-refractivity contribution in [1.82, 2.24) is 19.6 Å². The Morgan fingerprint density at radius 3 is 1.42 bits per heavy atom. The van der Waals surface area contributed by atoms with Crippen LogP contribution >= 0.6 is 22.6 Å². The zero-order valence-electron chi connectivity index (χ0n) is 20.5. The number of aliphatic carboxylic acids is 1. The molecule has 0 spiro atoms. The molecule has 21 heteroatoms. The molecule has 1 aliphatic heterocycles. The van der Waals surface area contributed by atoms with Crippen molar-refractivity contribution in [2.75, 3.05) is 84.8 Å². The highest BCUT2D eigenvalue weighted by Crippen LogP contribution is 2.64. The lowest BCUT2D eigenvalue weighted by Gasteiger charge is -2.34. The second kappa shape index (κ2) is 16.1. The molecule has 38 heavy (non-hydrogen) atoms. The number of carbonyl (C=O) groups is 3. The maximum atomic E-state index is 12.9. The first-order valence-corrected chi connectivity index (χ1v) is 16.6. The average molecular weight is 612 g/mol. The molecule has 6 N–H and O–H groups in total. The van der Waals surface area contributed by atoms with Crippen LogP contribution in [0.5, 0.6) is 0 Å². The number of carboxylic acid groups (broad SMARTS) is 1. The van der Waals surface area contributed by atoms with E-state index in [9.17, 15) is 57.7 Å². The van der Waals surface area contributed by atoms with Gasteiger partial charge in [-0.2, -0.15) is 0 Å². The van der Waals surface area contributed by atoms with Gasteiger partial charge in [0.05, 0.1) is 19.0 Å². The summed E-state index contributed by atoms with van der Waals surface area (Å²) in [5.41, 5.74) is 0. The predicted octanol–water partition coefficient (Wildman–Crippen LogP) is -2.54. The molecule has 0 radical (unpaired) electrons. The summed E-state index contributed by atoms with van der Waals surface area (Å²) in [5.74, 6) is -1.13. The van der Waals surface area contributed by atoms with E-state index in [0.29, 0.717) is 6.54 Å². The Morgan fingerprint density at radius 2 is 1.08 bits per heavy atom. The number of carboxylic acids is 1. The van der Waals surface area contributed by atoms with Crippen LogP contribution in [0.4, 0.5) is 0 Å². The Morgan fingerprint density at radius 1 is 0.711 bits per heavy atom. The van der Waals surface area contributed by atoms with Crippen LogP contribution in [0.3, 0.4) is 0 Å². The lowest BCUT2D eigenvalue weighted by atomic mass is 10.3. The maximum Gasteiger partial charge on any atom is 0.341 e. The molecule has 1 atom stereocenters. The van der Waals surface area contributed by atoms with Gasteiger partial charge in [0.25, 0.3) is 12.9 Å². The molecule has 0 saturated carbocycles. The van der Waals surface area contributed by atoms with Crippen LogP contribution in [-0.4, -0.2) is 158 Å². The highest BCUT2D eigenvalue weighted by Gasteiger charge is 2.47. The summed E-state index contributed by atoms with van der Waals surface area (Å²) in [6, 6.07) is 0. The molecule has 0 aromatic heterocycles. The van der Waals surface area contributed by atoms with Gasteiger partial charge in [-0.1, -0.05) is 0 Å². The van der Waals surface area contributed by atoms with Crippen molar-refractivity contribution in [3.05, 3.63) is 0 Å². The van der Waals surface area contributed by atoms with Gasteiger partial charge < -0.3 is 39.0 Å². The molecule has 1 aliphatic rings. The fourth-order valence-electron chi connectivity index (χ4n) is 3.63. The molecule has 0 aliphatic carbocycles. The summed E-state index contributed by atoms with van der Waals surface area (Å²) < 4.78 is 45.7. The second-order valence-corrected chi connectivity index (χ2v) is 15.0. The molecule has 1 unspecified atom stereocenters. The van der Waals surface area contributed by atoms with Crippen molar-refractivity contribution >= 4 is 41.5 Å². The SMILES string of the molecule is O=COCN1CCN(COC=O)CCN(CP(=O)(O)CC(P(=O)(O)O)P(=O)(O)O)CCN(CC(=O)O)CC1. The van der Waals surface area contributed by atoms with Crippen LogP contribution in [-0.2, 0) is 37.6 Å². The third-order valence-corrected chi connectivity index (χ3v) is 11.7. The first kappa shape index (κ1) is 34.8. The van der Waals surface area contributed by atoms with E-state index in [2.05, 4.69) is 0 Å². The zero-order valence-corrected chi connectivity index (χ0v) is 23.2. The molecule has 222 valence electrons. The zero-order chi connectivity index (χ0) is 29.0. The molecule has 1 rings (SSSR count). The average Bonchev–Trinajstić information content (AvgIpc) is 2.78. The number of rotatable bonds is 14. The Kier molecular flexibility index (Phi) is 14.7. The predicted molar refractivity (Wildman–Crippen MR) is 130 cm³/mol. The molecule has 0 aromatic rings. The number of hydrogen-bond acceptors (Lipinski definition) is 12. The lowest BCUT2D eigenvalue weighted by Crippen LogP contribution is -2.47. The lowest BCUT2D eigenvalue weighted by molar-refractivity contribution is -0.138. The van der Waals surface area contributed by atoms with Crippen molar-refractivity contribution in [1.29, 1.82) is 0 Å². The Bertz CT molecular complexity index is 892. The van der Waals surface area contributed by atoms with E-state index in [-0.39, 0.29) is 78.8 Å². The van der Waals surface area contributed by atoms with Crippen molar-refractivity contribution in [2.24, 2.45) is 0 Å². The fourth-order valence-corrected chi connectivity index (χ4v) is 9.97. The normalized spacial score (nSPS) is 20.2. The minimum atomic E-state index is -5.43. The van der Waals surface area contributed by atoms with Gasteiger partial charge in [-0.05, 0) is 0 Å². The first-order valence-electron chi connectivity index (χ1n) is 11.2. The fraction of sp³-hybridized carbons (Fsp3) is 0.824. The van der Waals surface area contributed by atoms with Crippen LogP contribution in [0.25, 0.3) is 0 Å². The third-order valence-electron chi connectivity index (χ3n) is 5.59. The van der Waals surface area contributed by atoms with Gasteiger partial charge in [0, 0.05) is 52.4 Å². The molecular weight excluding hydrogens is 577 g/mol. The summed E-state index contributed by atoms with van der Waals surface area (Å²) in [6.45, 7) is 1.35. The highest BCUT2D eigenvalue weighted by molar-refractivity contribution is 7.72. The Hall–Kier alpha value is -1.26. The standard InChI is InChI=1S/C17H35N4O14P3/c22-14-34-11-19-3-1-18(9-16(24)25)2-7-21(8-6-20(5-4-19)12-35-15-23)13-36(26,27)10-17(37(28,29)30)38(31,32)33/h14-15,17H,1-13H2,(H,24,25)(H,26,27)(H2,28,29,30)(H2,31,32,33). The Balaban J connectivity index is 3.13.